The first-order valence-corrected chi connectivity index (χ1v) is 14.4. The molecule has 2 fully saturated rings. The van der Waals surface area contributed by atoms with Gasteiger partial charge < -0.3 is 14.5 Å². The lowest BCUT2D eigenvalue weighted by atomic mass is 9.88. The van der Waals surface area contributed by atoms with Crippen LogP contribution in [0.25, 0.3) is 22.0 Å². The van der Waals surface area contributed by atoms with Gasteiger partial charge in [0.2, 0.25) is 5.91 Å². The second-order valence-corrected chi connectivity index (χ2v) is 12.2. The molecule has 1 aromatic heterocycles. The molecule has 3 aliphatic heterocycles. The Hall–Kier alpha value is -2.98. The van der Waals surface area contributed by atoms with Crippen molar-refractivity contribution in [3.8, 4) is 11.1 Å². The van der Waals surface area contributed by atoms with Crippen LogP contribution in [0.15, 0.2) is 34.0 Å². The number of ether oxygens (including phenoxy) is 1. The van der Waals surface area contributed by atoms with Gasteiger partial charge in [0.05, 0.1) is 18.7 Å². The summed E-state index contributed by atoms with van der Waals surface area (Å²) in [5.41, 5.74) is 1.99. The zero-order valence-corrected chi connectivity index (χ0v) is 23.4. The summed E-state index contributed by atoms with van der Waals surface area (Å²) in [6.07, 6.45) is 0.444. The van der Waals surface area contributed by atoms with Gasteiger partial charge in [-0.15, -0.1) is 11.8 Å². The number of amides is 1. The summed E-state index contributed by atoms with van der Waals surface area (Å²) in [4.78, 5) is 35.8. The summed E-state index contributed by atoms with van der Waals surface area (Å²) < 4.78 is 36.3. The summed E-state index contributed by atoms with van der Waals surface area (Å²) in [5.74, 6) is 0.144. The minimum atomic E-state index is -0.636. The van der Waals surface area contributed by atoms with Crippen molar-refractivity contribution in [1.29, 1.82) is 0 Å². The van der Waals surface area contributed by atoms with Gasteiger partial charge in [0, 0.05) is 76.8 Å². The monoisotopic (exact) mass is 554 g/mol. The molecule has 2 atom stereocenters. The highest BCUT2D eigenvalue weighted by Crippen LogP contribution is 2.48. The van der Waals surface area contributed by atoms with Crippen molar-refractivity contribution in [3.05, 3.63) is 51.9 Å². The van der Waals surface area contributed by atoms with Crippen molar-refractivity contribution in [1.82, 2.24) is 14.5 Å². The molecular formula is C29H32F2N4O3S. The Balaban J connectivity index is 1.57. The average molecular weight is 555 g/mol. The second kappa shape index (κ2) is 9.59. The minimum absolute atomic E-state index is 0.0471. The summed E-state index contributed by atoms with van der Waals surface area (Å²) in [7, 11) is 0. The van der Waals surface area contributed by atoms with Crippen molar-refractivity contribution in [2.24, 2.45) is 5.41 Å². The molecule has 1 amide bonds. The lowest BCUT2D eigenvalue weighted by molar-refractivity contribution is -0.135. The summed E-state index contributed by atoms with van der Waals surface area (Å²) in [6, 6.07) is 5.52. The largest absolute Gasteiger partial charge is 0.380 e. The zero-order chi connectivity index (χ0) is 27.6. The van der Waals surface area contributed by atoms with Crippen molar-refractivity contribution >= 4 is 34.4 Å². The second-order valence-electron chi connectivity index (χ2n) is 11.3. The predicted molar refractivity (Wildman–Crippen MR) is 148 cm³/mol. The van der Waals surface area contributed by atoms with Crippen molar-refractivity contribution in [2.45, 2.75) is 57.6 Å². The maximum Gasteiger partial charge on any atom is 0.350 e. The van der Waals surface area contributed by atoms with Gasteiger partial charge in [-0.1, -0.05) is 6.92 Å². The quantitative estimate of drug-likeness (QED) is 0.471. The van der Waals surface area contributed by atoms with Crippen LogP contribution in [0.2, 0.25) is 0 Å². The molecule has 3 aliphatic rings. The number of anilines is 1. The Kier molecular flexibility index (Phi) is 6.45. The van der Waals surface area contributed by atoms with E-state index < -0.39 is 11.6 Å². The molecule has 0 unspecified atom stereocenters. The number of aromatic nitrogens is 2. The summed E-state index contributed by atoms with van der Waals surface area (Å²) in [5, 5.41) is 0.827. The first-order chi connectivity index (χ1) is 18.6. The summed E-state index contributed by atoms with van der Waals surface area (Å²) in [6.45, 7) is 10.5. The maximum absolute atomic E-state index is 15.2. The van der Waals surface area contributed by atoms with Crippen LogP contribution in [0, 0.1) is 24.0 Å². The molecule has 6 rings (SSSR count). The molecule has 2 saturated heterocycles. The van der Waals surface area contributed by atoms with Gasteiger partial charge >= 0.3 is 5.69 Å². The molecule has 206 valence electrons. The Labute approximate surface area is 230 Å². The van der Waals surface area contributed by atoms with Crippen LogP contribution in [0.1, 0.15) is 32.8 Å². The van der Waals surface area contributed by atoms with Gasteiger partial charge in [-0.3, -0.25) is 9.36 Å². The first-order valence-electron chi connectivity index (χ1n) is 13.4. The Morgan fingerprint density at radius 2 is 1.90 bits per heavy atom. The Morgan fingerprint density at radius 1 is 1.18 bits per heavy atom. The lowest BCUT2D eigenvalue weighted by Gasteiger charge is -2.45. The van der Waals surface area contributed by atoms with E-state index in [1.807, 2.05) is 38.7 Å². The average Bonchev–Trinajstić information content (AvgIpc) is 3.05. The number of rotatable bonds is 3. The third-order valence-electron chi connectivity index (χ3n) is 8.24. The van der Waals surface area contributed by atoms with Crippen LogP contribution >= 0.6 is 11.8 Å². The number of carbonyl (C=O) groups is 1. The number of halogens is 2. The number of piperazine rings is 1. The van der Waals surface area contributed by atoms with Gasteiger partial charge in [0.15, 0.2) is 0 Å². The normalized spacial score (nSPS) is 22.2. The number of aryl methyl sites for hydroxylation is 1. The van der Waals surface area contributed by atoms with Gasteiger partial charge in [-0.25, -0.2) is 13.6 Å². The van der Waals surface area contributed by atoms with E-state index in [4.69, 9.17) is 4.74 Å². The minimum Gasteiger partial charge on any atom is -0.380 e. The molecule has 10 heteroatoms. The van der Waals surface area contributed by atoms with Crippen LogP contribution in [-0.4, -0.2) is 64.5 Å². The molecule has 0 aliphatic carbocycles. The lowest BCUT2D eigenvalue weighted by Crippen LogP contribution is -2.59. The SMILES string of the molecule is CCC(=O)N1[C@H](C)CN(c2nc(=O)n3c4c(c(-c5ccc(F)cc5F)c(C)cc24)SCC2(COC2)C3)C[C@@H]1C. The van der Waals surface area contributed by atoms with Crippen molar-refractivity contribution < 1.29 is 18.3 Å². The molecule has 0 N–H and O–H groups in total. The molecule has 1 spiro atoms. The van der Waals surface area contributed by atoms with E-state index in [9.17, 15) is 14.0 Å². The topological polar surface area (TPSA) is 67.7 Å². The highest BCUT2D eigenvalue weighted by Gasteiger charge is 2.43. The maximum atomic E-state index is 15.2. The fraction of sp³-hybridized carbons (Fsp3) is 0.483. The molecule has 3 aromatic rings. The van der Waals surface area contributed by atoms with E-state index in [0.717, 1.165) is 27.4 Å². The molecule has 0 saturated carbocycles. The smallest absolute Gasteiger partial charge is 0.350 e. The standard InChI is InChI=1S/C29H32F2N4O3S/c1-5-23(36)35-17(3)10-33(11-18(35)4)27-21-8-16(2)24(20-7-6-19(30)9-22(20)31)26-25(21)34(28(37)32-27)12-29(15-39-26)13-38-14-29/h6-9,17-18H,5,10-15H2,1-4H3/t17-,18+. The number of thioether (sulfide) groups is 1. The van der Waals surface area contributed by atoms with E-state index >= 15 is 4.39 Å². The highest BCUT2D eigenvalue weighted by molar-refractivity contribution is 7.99. The van der Waals surface area contributed by atoms with E-state index in [0.29, 0.717) is 62.0 Å². The number of nitrogens with zero attached hydrogens (tertiary/aromatic N) is 4. The highest BCUT2D eigenvalue weighted by atomic mass is 32.2. The van der Waals surface area contributed by atoms with E-state index in [1.165, 1.54) is 12.1 Å². The third kappa shape index (κ3) is 4.23. The molecular weight excluding hydrogens is 522 g/mol. The number of hydrogen-bond donors (Lipinski definition) is 0. The van der Waals surface area contributed by atoms with E-state index in [-0.39, 0.29) is 29.1 Å². The van der Waals surface area contributed by atoms with Crippen LogP contribution in [0.4, 0.5) is 14.6 Å². The zero-order valence-electron chi connectivity index (χ0n) is 22.6. The van der Waals surface area contributed by atoms with Crippen molar-refractivity contribution in [2.75, 3.05) is 37.0 Å². The van der Waals surface area contributed by atoms with Crippen molar-refractivity contribution in [3.63, 3.8) is 0 Å². The van der Waals surface area contributed by atoms with E-state index in [1.54, 1.807) is 16.3 Å². The van der Waals surface area contributed by atoms with E-state index in [2.05, 4.69) is 9.88 Å². The van der Waals surface area contributed by atoms with Gasteiger partial charge in [0.25, 0.3) is 0 Å². The summed E-state index contributed by atoms with van der Waals surface area (Å²) >= 11 is 1.61. The predicted octanol–water partition coefficient (Wildman–Crippen LogP) is 4.61. The Bertz CT molecular complexity index is 1540. The van der Waals surface area contributed by atoms with Crippen LogP contribution in [0.5, 0.6) is 0 Å². The number of carbonyl (C=O) groups excluding carboxylic acids is 1. The van der Waals surface area contributed by atoms with Crippen LogP contribution in [-0.2, 0) is 16.1 Å². The van der Waals surface area contributed by atoms with Crippen LogP contribution in [0.3, 0.4) is 0 Å². The fourth-order valence-corrected chi connectivity index (χ4v) is 7.90. The van der Waals surface area contributed by atoms with Crippen LogP contribution < -0.4 is 10.6 Å². The molecule has 2 aromatic carbocycles. The Morgan fingerprint density at radius 3 is 2.51 bits per heavy atom. The fourth-order valence-electron chi connectivity index (χ4n) is 6.42. The molecule has 7 nitrogen and oxygen atoms in total. The molecule has 4 heterocycles. The number of hydrogen-bond acceptors (Lipinski definition) is 6. The third-order valence-corrected chi connectivity index (χ3v) is 9.68. The van der Waals surface area contributed by atoms with Gasteiger partial charge in [-0.05, 0) is 44.5 Å². The number of benzene rings is 2. The van der Waals surface area contributed by atoms with Gasteiger partial charge in [0.1, 0.15) is 17.5 Å². The molecule has 39 heavy (non-hydrogen) atoms. The van der Waals surface area contributed by atoms with Gasteiger partial charge in [-0.2, -0.15) is 4.98 Å². The first kappa shape index (κ1) is 26.3. The molecule has 0 radical (unpaired) electrons. The molecule has 0 bridgehead atoms.